The number of alkyl halides is 3. The van der Waals surface area contributed by atoms with E-state index in [1.54, 1.807) is 0 Å². The van der Waals surface area contributed by atoms with E-state index in [9.17, 15) is 22.8 Å². The van der Waals surface area contributed by atoms with Crippen LogP contribution in [0, 0.1) is 0 Å². The van der Waals surface area contributed by atoms with Crippen LogP contribution in [0.5, 0.6) is 0 Å². The van der Waals surface area contributed by atoms with Crippen molar-refractivity contribution in [2.75, 3.05) is 0 Å². The molecule has 0 bridgehead atoms. The van der Waals surface area contributed by atoms with Crippen molar-refractivity contribution in [2.45, 2.75) is 49.9 Å². The lowest BCUT2D eigenvalue weighted by atomic mass is 9.84. The van der Waals surface area contributed by atoms with Gasteiger partial charge in [0.25, 0.3) is 0 Å². The number of nitrogens with zero attached hydrogens (tertiary/aromatic N) is 1. The Balaban J connectivity index is 1.47. The van der Waals surface area contributed by atoms with Crippen molar-refractivity contribution in [3.8, 4) is 0 Å². The molecular formula is C25H24F3N3O2. The van der Waals surface area contributed by atoms with Crippen LogP contribution in [0.2, 0.25) is 0 Å². The Morgan fingerprint density at radius 3 is 2.52 bits per heavy atom. The Bertz CT molecular complexity index is 1150. The van der Waals surface area contributed by atoms with Gasteiger partial charge in [-0.05, 0) is 47.7 Å². The van der Waals surface area contributed by atoms with Gasteiger partial charge in [0.15, 0.2) is 6.04 Å². The van der Waals surface area contributed by atoms with Gasteiger partial charge in [-0.2, -0.15) is 13.2 Å². The molecule has 0 radical (unpaired) electrons. The molecule has 1 saturated heterocycles. The van der Waals surface area contributed by atoms with E-state index >= 15 is 0 Å². The fourth-order valence-electron chi connectivity index (χ4n) is 4.38. The summed E-state index contributed by atoms with van der Waals surface area (Å²) in [5.41, 5.74) is 0.0617. The van der Waals surface area contributed by atoms with Gasteiger partial charge in [-0.15, -0.1) is 0 Å². The molecule has 4 rings (SSSR count). The Morgan fingerprint density at radius 2 is 1.85 bits per heavy atom. The third kappa shape index (κ3) is 5.50. The SMILES string of the molecule is O=C(CCC1(Cc2ccc3ccccc3c2)CCC(=O)N1)NC(c1ccccn1)C(F)(F)F. The largest absolute Gasteiger partial charge is 0.414 e. The van der Waals surface area contributed by atoms with Gasteiger partial charge in [0, 0.05) is 24.6 Å². The topological polar surface area (TPSA) is 71.1 Å². The minimum atomic E-state index is -4.67. The molecule has 2 N–H and O–H groups in total. The fourth-order valence-corrected chi connectivity index (χ4v) is 4.38. The molecule has 0 spiro atoms. The predicted molar refractivity (Wildman–Crippen MR) is 118 cm³/mol. The summed E-state index contributed by atoms with van der Waals surface area (Å²) < 4.78 is 40.6. The Morgan fingerprint density at radius 1 is 1.09 bits per heavy atom. The Hall–Kier alpha value is -3.42. The number of aromatic nitrogens is 1. The maximum absolute atomic E-state index is 13.5. The lowest BCUT2D eigenvalue weighted by Crippen LogP contribution is -2.45. The fraction of sp³-hybridized carbons (Fsp3) is 0.320. The van der Waals surface area contributed by atoms with Gasteiger partial charge >= 0.3 is 6.18 Å². The standard InChI is InChI=1S/C25H24F3N3O2/c26-25(27,28)23(20-7-3-4-14-29-20)30-21(32)10-12-24(13-11-22(33)31-24)16-17-8-9-18-5-1-2-6-19(18)15-17/h1-9,14-15,23H,10-13,16H2,(H,30,32)(H,31,33). The molecular weight excluding hydrogens is 431 g/mol. The zero-order valence-electron chi connectivity index (χ0n) is 17.9. The van der Waals surface area contributed by atoms with Crippen LogP contribution in [0.25, 0.3) is 10.8 Å². The molecule has 33 heavy (non-hydrogen) atoms. The number of amides is 2. The molecule has 5 nitrogen and oxygen atoms in total. The van der Waals surface area contributed by atoms with Gasteiger partial charge in [0.2, 0.25) is 11.8 Å². The van der Waals surface area contributed by atoms with E-state index in [4.69, 9.17) is 0 Å². The molecule has 8 heteroatoms. The minimum absolute atomic E-state index is 0.113. The Kier molecular flexibility index (Phi) is 6.35. The van der Waals surface area contributed by atoms with E-state index in [2.05, 4.69) is 15.6 Å². The molecule has 2 atom stereocenters. The molecule has 2 heterocycles. The van der Waals surface area contributed by atoms with Crippen LogP contribution in [0.4, 0.5) is 13.2 Å². The highest BCUT2D eigenvalue weighted by atomic mass is 19.4. The number of nitrogens with one attached hydrogen (secondary N) is 2. The van der Waals surface area contributed by atoms with Crippen LogP contribution >= 0.6 is 0 Å². The van der Waals surface area contributed by atoms with Crippen molar-refractivity contribution in [3.63, 3.8) is 0 Å². The van der Waals surface area contributed by atoms with Crippen molar-refractivity contribution in [1.29, 1.82) is 0 Å². The lowest BCUT2D eigenvalue weighted by molar-refractivity contribution is -0.164. The lowest BCUT2D eigenvalue weighted by Gasteiger charge is -2.30. The molecule has 1 aliphatic heterocycles. The molecule has 172 valence electrons. The van der Waals surface area contributed by atoms with Gasteiger partial charge < -0.3 is 10.6 Å². The maximum atomic E-state index is 13.5. The van der Waals surface area contributed by atoms with Crippen molar-refractivity contribution in [3.05, 3.63) is 78.1 Å². The van der Waals surface area contributed by atoms with Crippen molar-refractivity contribution < 1.29 is 22.8 Å². The average molecular weight is 455 g/mol. The first-order valence-corrected chi connectivity index (χ1v) is 10.8. The molecule has 2 unspecified atom stereocenters. The highest BCUT2D eigenvalue weighted by Gasteiger charge is 2.43. The summed E-state index contributed by atoms with van der Waals surface area (Å²) in [7, 11) is 0. The Labute approximate surface area is 189 Å². The first-order valence-electron chi connectivity index (χ1n) is 10.8. The second-order valence-electron chi connectivity index (χ2n) is 8.48. The number of hydrogen-bond acceptors (Lipinski definition) is 3. The molecule has 3 aromatic rings. The number of pyridine rings is 1. The summed E-state index contributed by atoms with van der Waals surface area (Å²) in [4.78, 5) is 28.3. The van der Waals surface area contributed by atoms with Crippen LogP contribution < -0.4 is 10.6 Å². The quantitative estimate of drug-likeness (QED) is 0.546. The van der Waals surface area contributed by atoms with Crippen LogP contribution in [-0.2, 0) is 16.0 Å². The average Bonchev–Trinajstić information content (AvgIpc) is 3.16. The number of carbonyl (C=O) groups excluding carboxylic acids is 2. The number of halogens is 3. The molecule has 2 aromatic carbocycles. The van der Waals surface area contributed by atoms with Gasteiger partial charge in [-0.25, -0.2) is 0 Å². The summed E-state index contributed by atoms with van der Waals surface area (Å²) in [5, 5.41) is 7.22. The summed E-state index contributed by atoms with van der Waals surface area (Å²) in [5.74, 6) is -0.847. The van der Waals surface area contributed by atoms with Crippen LogP contribution in [0.1, 0.15) is 43.0 Å². The van der Waals surface area contributed by atoms with Crippen LogP contribution in [-0.4, -0.2) is 28.5 Å². The van der Waals surface area contributed by atoms with Crippen LogP contribution in [0.15, 0.2) is 66.9 Å². The number of hydrogen-bond donors (Lipinski definition) is 2. The molecule has 1 aliphatic rings. The van der Waals surface area contributed by atoms with Gasteiger partial charge in [-0.1, -0.05) is 48.5 Å². The third-order valence-corrected chi connectivity index (χ3v) is 6.04. The van der Waals surface area contributed by atoms with Crippen molar-refractivity contribution >= 4 is 22.6 Å². The summed E-state index contributed by atoms with van der Waals surface area (Å²) >= 11 is 0. The van der Waals surface area contributed by atoms with E-state index < -0.39 is 23.7 Å². The predicted octanol–water partition coefficient (Wildman–Crippen LogP) is 4.63. The zero-order chi connectivity index (χ0) is 23.5. The van der Waals surface area contributed by atoms with E-state index in [-0.39, 0.29) is 24.4 Å². The summed E-state index contributed by atoms with van der Waals surface area (Å²) in [6.45, 7) is 0. The van der Waals surface area contributed by atoms with E-state index in [0.29, 0.717) is 19.3 Å². The van der Waals surface area contributed by atoms with Crippen LogP contribution in [0.3, 0.4) is 0 Å². The molecule has 1 aromatic heterocycles. The first kappa shape index (κ1) is 22.8. The molecule has 1 fully saturated rings. The number of rotatable bonds is 7. The zero-order valence-corrected chi connectivity index (χ0v) is 17.9. The molecule has 0 saturated carbocycles. The van der Waals surface area contributed by atoms with E-state index in [0.717, 1.165) is 16.3 Å². The third-order valence-electron chi connectivity index (χ3n) is 6.04. The molecule has 2 amide bonds. The second-order valence-corrected chi connectivity index (χ2v) is 8.48. The normalized spacial score (nSPS) is 19.3. The van der Waals surface area contributed by atoms with Gasteiger partial charge in [0.1, 0.15) is 0 Å². The van der Waals surface area contributed by atoms with E-state index in [1.807, 2.05) is 42.5 Å². The second kappa shape index (κ2) is 9.21. The summed E-state index contributed by atoms with van der Waals surface area (Å²) in [6.07, 6.45) is -1.97. The number of carbonyl (C=O) groups is 2. The van der Waals surface area contributed by atoms with Crippen molar-refractivity contribution in [2.24, 2.45) is 0 Å². The maximum Gasteiger partial charge on any atom is 0.414 e. The monoisotopic (exact) mass is 455 g/mol. The highest BCUT2D eigenvalue weighted by molar-refractivity contribution is 5.83. The summed E-state index contributed by atoms with van der Waals surface area (Å²) in [6, 6.07) is 16.0. The highest BCUT2D eigenvalue weighted by Crippen LogP contribution is 2.33. The number of fused-ring (bicyclic) bond motifs is 1. The van der Waals surface area contributed by atoms with Crippen molar-refractivity contribution in [1.82, 2.24) is 15.6 Å². The van der Waals surface area contributed by atoms with E-state index in [1.165, 1.54) is 24.4 Å². The number of benzene rings is 2. The van der Waals surface area contributed by atoms with Gasteiger partial charge in [-0.3, -0.25) is 14.6 Å². The smallest absolute Gasteiger partial charge is 0.350 e. The van der Waals surface area contributed by atoms with Gasteiger partial charge in [0.05, 0.1) is 5.69 Å². The first-order chi connectivity index (χ1) is 15.7. The molecule has 0 aliphatic carbocycles. The minimum Gasteiger partial charge on any atom is -0.350 e.